The molecule has 0 spiro atoms. The number of benzene rings is 1. The van der Waals surface area contributed by atoms with Crippen molar-refractivity contribution < 1.29 is 9.59 Å². The number of amides is 3. The summed E-state index contributed by atoms with van der Waals surface area (Å²) in [6.45, 7) is 3.99. The summed E-state index contributed by atoms with van der Waals surface area (Å²) in [5.41, 5.74) is 2.53. The van der Waals surface area contributed by atoms with Gasteiger partial charge in [-0.2, -0.15) is 0 Å². The number of imidazole rings is 1. The highest BCUT2D eigenvalue weighted by molar-refractivity contribution is 5.92. The second kappa shape index (κ2) is 7.38. The van der Waals surface area contributed by atoms with E-state index in [0.29, 0.717) is 31.9 Å². The van der Waals surface area contributed by atoms with Crippen LogP contribution in [0.2, 0.25) is 0 Å². The van der Waals surface area contributed by atoms with Gasteiger partial charge in [-0.15, -0.1) is 0 Å². The Morgan fingerprint density at radius 2 is 1.79 bits per heavy atom. The van der Waals surface area contributed by atoms with E-state index in [1.54, 1.807) is 28.1 Å². The third-order valence-electron chi connectivity index (χ3n) is 5.23. The van der Waals surface area contributed by atoms with Gasteiger partial charge in [0.25, 0.3) is 5.91 Å². The number of hydrogen-bond acceptors (Lipinski definition) is 3. The second-order valence-electron chi connectivity index (χ2n) is 7.05. The molecule has 1 aromatic carbocycles. The molecule has 4 rings (SSSR count). The van der Waals surface area contributed by atoms with Crippen molar-refractivity contribution in [3.8, 4) is 0 Å². The molecule has 28 heavy (non-hydrogen) atoms. The van der Waals surface area contributed by atoms with Crippen molar-refractivity contribution in [1.29, 1.82) is 0 Å². The molecule has 1 saturated heterocycles. The third kappa shape index (κ3) is 3.33. The molecule has 0 saturated carbocycles. The monoisotopic (exact) mass is 380 g/mol. The molecule has 8 heteroatoms. The molecule has 1 aliphatic rings. The van der Waals surface area contributed by atoms with Crippen LogP contribution < -0.4 is 5.32 Å². The van der Waals surface area contributed by atoms with E-state index in [-0.39, 0.29) is 18.0 Å². The number of aryl methyl sites for hydroxylation is 1. The Kier molecular flexibility index (Phi) is 4.77. The van der Waals surface area contributed by atoms with Crippen LogP contribution >= 0.6 is 0 Å². The molecule has 146 valence electrons. The molecule has 2 aromatic heterocycles. The van der Waals surface area contributed by atoms with Crippen LogP contribution in [0.5, 0.6) is 0 Å². The molecule has 0 bridgehead atoms. The lowest BCUT2D eigenvalue weighted by Crippen LogP contribution is -2.53. The summed E-state index contributed by atoms with van der Waals surface area (Å²) in [5, 5.41) is 3.03. The third-order valence-corrected chi connectivity index (χ3v) is 5.23. The van der Waals surface area contributed by atoms with Crippen LogP contribution in [0.3, 0.4) is 0 Å². The number of H-pyrrole nitrogens is 1. The first kappa shape index (κ1) is 18.1. The molecule has 3 amide bonds. The SMILES string of the molecule is CC(NC(=O)N1CCN(C(=O)c2ccc[nH]2)CC1)c1nc2ccccc2n1C. The zero-order valence-electron chi connectivity index (χ0n) is 16.1. The first-order valence-corrected chi connectivity index (χ1v) is 9.44. The highest BCUT2D eigenvalue weighted by Crippen LogP contribution is 2.19. The van der Waals surface area contributed by atoms with Crippen molar-refractivity contribution in [2.24, 2.45) is 7.05 Å². The van der Waals surface area contributed by atoms with Crippen molar-refractivity contribution in [3.63, 3.8) is 0 Å². The highest BCUT2D eigenvalue weighted by Gasteiger charge is 2.26. The van der Waals surface area contributed by atoms with Gasteiger partial charge in [0.2, 0.25) is 0 Å². The van der Waals surface area contributed by atoms with Gasteiger partial charge in [0.15, 0.2) is 0 Å². The maximum absolute atomic E-state index is 12.7. The normalized spacial score (nSPS) is 15.6. The maximum Gasteiger partial charge on any atom is 0.318 e. The Balaban J connectivity index is 1.36. The van der Waals surface area contributed by atoms with Crippen LogP contribution in [0.15, 0.2) is 42.6 Å². The van der Waals surface area contributed by atoms with Gasteiger partial charge in [-0.3, -0.25) is 4.79 Å². The number of nitrogens with zero attached hydrogens (tertiary/aromatic N) is 4. The summed E-state index contributed by atoms with van der Waals surface area (Å²) in [6, 6.07) is 11.1. The van der Waals surface area contributed by atoms with Crippen molar-refractivity contribution in [3.05, 3.63) is 54.1 Å². The zero-order chi connectivity index (χ0) is 19.7. The average Bonchev–Trinajstić information content (AvgIpc) is 3.36. The van der Waals surface area contributed by atoms with E-state index in [1.807, 2.05) is 42.8 Å². The molecule has 1 aliphatic heterocycles. The minimum absolute atomic E-state index is 0.0295. The summed E-state index contributed by atoms with van der Waals surface area (Å²) in [7, 11) is 1.96. The molecule has 1 unspecified atom stereocenters. The Bertz CT molecular complexity index is 985. The van der Waals surface area contributed by atoms with E-state index >= 15 is 0 Å². The largest absolute Gasteiger partial charge is 0.357 e. The molecule has 3 heterocycles. The molecule has 1 atom stereocenters. The Morgan fingerprint density at radius 3 is 2.46 bits per heavy atom. The number of nitrogens with one attached hydrogen (secondary N) is 2. The predicted octanol–water partition coefficient (Wildman–Crippen LogP) is 2.13. The second-order valence-corrected chi connectivity index (χ2v) is 7.05. The van der Waals surface area contributed by atoms with Gasteiger partial charge in [0, 0.05) is 39.4 Å². The van der Waals surface area contributed by atoms with Crippen LogP contribution in [0.1, 0.15) is 29.3 Å². The van der Waals surface area contributed by atoms with Gasteiger partial charge < -0.3 is 24.7 Å². The molecule has 3 aromatic rings. The smallest absolute Gasteiger partial charge is 0.318 e. The fourth-order valence-corrected chi connectivity index (χ4v) is 3.64. The minimum atomic E-state index is -0.219. The fraction of sp³-hybridized carbons (Fsp3) is 0.350. The van der Waals surface area contributed by atoms with Crippen LogP contribution in [-0.4, -0.2) is 62.5 Å². The number of piperazine rings is 1. The highest BCUT2D eigenvalue weighted by atomic mass is 16.2. The van der Waals surface area contributed by atoms with E-state index in [0.717, 1.165) is 16.9 Å². The number of para-hydroxylation sites is 2. The summed E-state index contributed by atoms with van der Waals surface area (Å²) < 4.78 is 2.01. The first-order valence-electron chi connectivity index (χ1n) is 9.44. The number of carbonyl (C=O) groups is 2. The number of fused-ring (bicyclic) bond motifs is 1. The molecule has 0 radical (unpaired) electrons. The van der Waals surface area contributed by atoms with Crippen molar-refractivity contribution in [2.45, 2.75) is 13.0 Å². The molecule has 8 nitrogen and oxygen atoms in total. The van der Waals surface area contributed by atoms with Crippen molar-refractivity contribution in [2.75, 3.05) is 26.2 Å². The van der Waals surface area contributed by atoms with Crippen LogP contribution in [0, 0.1) is 0 Å². The lowest BCUT2D eigenvalue weighted by atomic mass is 10.2. The first-order chi connectivity index (χ1) is 13.5. The van der Waals surface area contributed by atoms with Gasteiger partial charge in [-0.05, 0) is 31.2 Å². The Morgan fingerprint density at radius 1 is 1.07 bits per heavy atom. The predicted molar refractivity (Wildman–Crippen MR) is 106 cm³/mol. The van der Waals surface area contributed by atoms with Gasteiger partial charge in [0.05, 0.1) is 17.1 Å². The maximum atomic E-state index is 12.7. The quantitative estimate of drug-likeness (QED) is 0.730. The summed E-state index contributed by atoms with van der Waals surface area (Å²) in [6.07, 6.45) is 1.74. The van der Waals surface area contributed by atoms with Gasteiger partial charge >= 0.3 is 6.03 Å². The van der Waals surface area contributed by atoms with E-state index in [9.17, 15) is 9.59 Å². The molecule has 0 aliphatic carbocycles. The zero-order valence-corrected chi connectivity index (χ0v) is 16.1. The molecular weight excluding hydrogens is 356 g/mol. The van der Waals surface area contributed by atoms with Gasteiger partial charge in [-0.1, -0.05) is 12.1 Å². The summed E-state index contributed by atoms with van der Waals surface area (Å²) in [5.74, 6) is 0.785. The number of aromatic amines is 1. The topological polar surface area (TPSA) is 86.3 Å². The standard InChI is InChI=1S/C20H24N6O2/c1-14(18-23-15-6-3-4-8-17(15)24(18)2)22-20(28)26-12-10-25(11-13-26)19(27)16-7-5-9-21-16/h3-9,14,21H,10-13H2,1-2H3,(H,22,28). The number of urea groups is 1. The van der Waals surface area contributed by atoms with Crippen LogP contribution in [-0.2, 0) is 7.05 Å². The van der Waals surface area contributed by atoms with Crippen LogP contribution in [0.25, 0.3) is 11.0 Å². The summed E-state index contributed by atoms with van der Waals surface area (Å²) in [4.78, 5) is 36.2. The Hall–Kier alpha value is -3.29. The lowest BCUT2D eigenvalue weighted by molar-refractivity contribution is 0.0658. The summed E-state index contributed by atoms with van der Waals surface area (Å²) >= 11 is 0. The molecule has 2 N–H and O–H groups in total. The van der Waals surface area contributed by atoms with Gasteiger partial charge in [0.1, 0.15) is 11.5 Å². The minimum Gasteiger partial charge on any atom is -0.357 e. The lowest BCUT2D eigenvalue weighted by Gasteiger charge is -2.35. The average molecular weight is 380 g/mol. The van der Waals surface area contributed by atoms with E-state index in [4.69, 9.17) is 0 Å². The van der Waals surface area contributed by atoms with E-state index < -0.39 is 0 Å². The molecule has 1 fully saturated rings. The number of carbonyl (C=O) groups excluding carboxylic acids is 2. The van der Waals surface area contributed by atoms with Crippen LogP contribution in [0.4, 0.5) is 4.79 Å². The van der Waals surface area contributed by atoms with E-state index in [1.165, 1.54) is 0 Å². The number of aromatic nitrogens is 3. The fourth-order valence-electron chi connectivity index (χ4n) is 3.64. The van der Waals surface area contributed by atoms with Crippen molar-refractivity contribution >= 4 is 23.0 Å². The van der Waals surface area contributed by atoms with E-state index in [2.05, 4.69) is 15.3 Å². The Labute approximate surface area is 163 Å². The van der Waals surface area contributed by atoms with Crippen molar-refractivity contribution in [1.82, 2.24) is 29.7 Å². The van der Waals surface area contributed by atoms with Gasteiger partial charge in [-0.25, -0.2) is 9.78 Å². The number of rotatable bonds is 3. The number of hydrogen-bond donors (Lipinski definition) is 2. The molecular formula is C20H24N6O2.